The third kappa shape index (κ3) is 8.15. The molecule has 336 valence electrons. The molecule has 0 amide bonds. The molecule has 0 aliphatic carbocycles. The molecular weight excluding hydrogens is 817 g/mol. The van der Waals surface area contributed by atoms with Crippen LogP contribution in [0.3, 0.4) is 0 Å². The summed E-state index contributed by atoms with van der Waals surface area (Å²) in [5, 5.41) is 2.13. The summed E-state index contributed by atoms with van der Waals surface area (Å²) in [7, 11) is 0. The average Bonchev–Trinajstić information content (AvgIpc) is 3.86. The lowest BCUT2D eigenvalue weighted by atomic mass is 9.80. The summed E-state index contributed by atoms with van der Waals surface area (Å²) in [5.41, 5.74) is 14.4. The van der Waals surface area contributed by atoms with Gasteiger partial charge in [-0.3, -0.25) is 4.57 Å². The molecule has 0 spiro atoms. The summed E-state index contributed by atoms with van der Waals surface area (Å²) in [6.07, 6.45) is 1.90. The second-order valence-corrected chi connectivity index (χ2v) is 21.3. The van der Waals surface area contributed by atoms with Gasteiger partial charge in [0.15, 0.2) is 0 Å². The highest BCUT2D eigenvalue weighted by Crippen LogP contribution is 2.47. The molecule has 0 N–H and O–H groups in total. The van der Waals surface area contributed by atoms with Crippen molar-refractivity contribution < 1.29 is 8.85 Å². The minimum atomic E-state index is -2.36. The Morgan fingerprint density at radius 1 is 0.507 bits per heavy atom. The molecule has 0 radical (unpaired) electrons. The number of benzene rings is 7. The van der Waals surface area contributed by atoms with E-state index in [1.807, 2.05) is 55.6 Å². The van der Waals surface area contributed by atoms with Gasteiger partial charge in [-0.05, 0) is 135 Å². The predicted octanol–water partition coefficient (Wildman–Crippen LogP) is 17.1. The molecule has 0 bridgehead atoms. The number of hydrogen-bond donors (Lipinski definition) is 0. The summed E-state index contributed by atoms with van der Waals surface area (Å²) < 4.78 is 35.5. The van der Waals surface area contributed by atoms with Crippen LogP contribution in [-0.2, 0) is 16.2 Å². The largest absolute Gasteiger partial charge is 0.457 e. The Morgan fingerprint density at radius 3 is 1.79 bits per heavy atom. The van der Waals surface area contributed by atoms with E-state index in [0.29, 0.717) is 29.4 Å². The van der Waals surface area contributed by atoms with Crippen molar-refractivity contribution in [2.45, 2.75) is 92.3 Å². The Labute approximate surface area is 401 Å². The molecule has 5 heteroatoms. The quantitative estimate of drug-likeness (QED) is 0.160. The molecule has 10 rings (SSSR count). The second kappa shape index (κ2) is 16.3. The third-order valence-electron chi connectivity index (χ3n) is 13.4. The summed E-state index contributed by atoms with van der Waals surface area (Å²) in [6, 6.07) is 54.9. The van der Waals surface area contributed by atoms with Crippen molar-refractivity contribution in [3.05, 3.63) is 192 Å². The standard InChI is InChI=1S/C62H62N4O/c1-40-30-43(60(3,4)5)31-41(2)59(40)52-37-58(63-38-53(52)42-20-13-12-14-21-42)66-54-25-16-15-24-50(54)51-29-28-49(36-57(51)66)67-48-23-19-22-46(35-48)64-39-65(56-27-18-17-26-55(56)64)47-33-44(61(6,7)8)32-45(34-47)62(9,10)11/h12-38H,39H2,1-11H3/i1D3. The van der Waals surface area contributed by atoms with E-state index in [4.69, 9.17) is 13.8 Å². The van der Waals surface area contributed by atoms with Crippen LogP contribution in [0, 0.1) is 13.8 Å². The first-order chi connectivity index (χ1) is 33.1. The summed E-state index contributed by atoms with van der Waals surface area (Å²) >= 11 is 0. The molecule has 7 aromatic carbocycles. The van der Waals surface area contributed by atoms with Crippen molar-refractivity contribution in [1.82, 2.24) is 9.55 Å². The van der Waals surface area contributed by atoms with E-state index in [1.54, 1.807) is 0 Å². The van der Waals surface area contributed by atoms with Gasteiger partial charge in [-0.15, -0.1) is 0 Å². The molecular formula is C62H62N4O. The molecule has 5 nitrogen and oxygen atoms in total. The van der Waals surface area contributed by atoms with Crippen molar-refractivity contribution >= 4 is 44.6 Å². The van der Waals surface area contributed by atoms with E-state index in [-0.39, 0.29) is 16.2 Å². The number of anilines is 4. The number of fused-ring (bicyclic) bond motifs is 4. The Hall–Kier alpha value is -7.11. The van der Waals surface area contributed by atoms with Gasteiger partial charge >= 0.3 is 0 Å². The summed E-state index contributed by atoms with van der Waals surface area (Å²) in [6.45, 7) is 20.4. The summed E-state index contributed by atoms with van der Waals surface area (Å²) in [5.74, 6) is 2.08. The van der Waals surface area contributed by atoms with Gasteiger partial charge in [0.2, 0.25) is 0 Å². The molecule has 3 heterocycles. The van der Waals surface area contributed by atoms with Crippen LogP contribution in [0.4, 0.5) is 22.7 Å². The zero-order chi connectivity index (χ0) is 49.5. The maximum absolute atomic E-state index is 8.84. The highest BCUT2D eigenvalue weighted by Gasteiger charge is 2.31. The Balaban J connectivity index is 1.06. The highest BCUT2D eigenvalue weighted by atomic mass is 16.5. The van der Waals surface area contributed by atoms with Crippen molar-refractivity contribution in [2.24, 2.45) is 0 Å². The smallest absolute Gasteiger partial charge is 0.138 e. The number of rotatable bonds is 7. The zero-order valence-electron chi connectivity index (χ0n) is 43.5. The van der Waals surface area contributed by atoms with Crippen LogP contribution in [-0.4, -0.2) is 16.2 Å². The topological polar surface area (TPSA) is 33.5 Å². The molecule has 1 aliphatic heterocycles. The predicted molar refractivity (Wildman–Crippen MR) is 284 cm³/mol. The number of ether oxygens (including phenoxy) is 1. The van der Waals surface area contributed by atoms with Gasteiger partial charge < -0.3 is 14.5 Å². The van der Waals surface area contributed by atoms with Crippen molar-refractivity contribution in [2.75, 3.05) is 16.5 Å². The lowest BCUT2D eigenvalue weighted by Gasteiger charge is -2.29. The molecule has 0 saturated heterocycles. The van der Waals surface area contributed by atoms with Gasteiger partial charge in [0, 0.05) is 50.2 Å². The van der Waals surface area contributed by atoms with Gasteiger partial charge in [0.25, 0.3) is 0 Å². The van der Waals surface area contributed by atoms with Gasteiger partial charge in [-0.25, -0.2) is 4.98 Å². The van der Waals surface area contributed by atoms with Crippen LogP contribution in [0.25, 0.3) is 49.9 Å². The molecule has 1 aliphatic rings. The molecule has 9 aromatic rings. The van der Waals surface area contributed by atoms with Crippen LogP contribution < -0.4 is 14.5 Å². The number of nitrogens with zero attached hydrogens (tertiary/aromatic N) is 4. The monoisotopic (exact) mass is 882 g/mol. The minimum Gasteiger partial charge on any atom is -0.457 e. The molecule has 2 aromatic heterocycles. The SMILES string of the molecule is [2H]C([2H])([2H])c1cc(C(C)(C)C)cc(C)c1-c1cc(-n2c3ccccc3c3ccc(Oc4cccc(N5CN(c6cc(C(C)(C)C)cc(C(C)(C)C)c6)c6ccccc65)c4)cc32)ncc1-c1ccccc1. The Kier molecular flexibility index (Phi) is 9.80. The van der Waals surface area contributed by atoms with Gasteiger partial charge in [0.1, 0.15) is 24.0 Å². The van der Waals surface area contributed by atoms with Crippen molar-refractivity contribution in [1.29, 1.82) is 0 Å². The first kappa shape index (κ1) is 40.2. The third-order valence-corrected chi connectivity index (χ3v) is 13.4. The van der Waals surface area contributed by atoms with E-state index in [0.717, 1.165) is 66.7 Å². The minimum absolute atomic E-state index is 0.00606. The van der Waals surface area contributed by atoms with Gasteiger partial charge in [-0.2, -0.15) is 0 Å². The number of para-hydroxylation sites is 3. The fourth-order valence-electron chi connectivity index (χ4n) is 9.60. The number of aryl methyl sites for hydroxylation is 2. The highest BCUT2D eigenvalue weighted by molar-refractivity contribution is 6.09. The fraction of sp³-hybridized carbons (Fsp3) is 0.242. The Morgan fingerprint density at radius 2 is 1.10 bits per heavy atom. The number of pyridine rings is 1. The van der Waals surface area contributed by atoms with Crippen LogP contribution in [0.1, 0.15) is 94.2 Å². The molecule has 67 heavy (non-hydrogen) atoms. The van der Waals surface area contributed by atoms with E-state index >= 15 is 0 Å². The van der Waals surface area contributed by atoms with Crippen LogP contribution in [0.15, 0.2) is 164 Å². The van der Waals surface area contributed by atoms with Gasteiger partial charge in [-0.1, -0.05) is 147 Å². The van der Waals surface area contributed by atoms with E-state index < -0.39 is 6.85 Å². The lowest BCUT2D eigenvalue weighted by Crippen LogP contribution is -2.25. The zero-order valence-corrected chi connectivity index (χ0v) is 40.5. The Bertz CT molecular complexity index is 3430. The van der Waals surface area contributed by atoms with Crippen molar-refractivity contribution in [3.8, 4) is 39.6 Å². The maximum atomic E-state index is 8.84. The molecule has 0 saturated carbocycles. The average molecular weight is 882 g/mol. The molecule has 0 atom stereocenters. The van der Waals surface area contributed by atoms with E-state index in [9.17, 15) is 0 Å². The fourth-order valence-corrected chi connectivity index (χ4v) is 9.60. The van der Waals surface area contributed by atoms with Crippen LogP contribution in [0.5, 0.6) is 11.5 Å². The normalized spacial score (nSPS) is 14.0. The second-order valence-electron chi connectivity index (χ2n) is 21.3. The molecule has 0 unspecified atom stereocenters. The van der Waals surface area contributed by atoms with E-state index in [1.165, 1.54) is 22.5 Å². The first-order valence-corrected chi connectivity index (χ1v) is 23.5. The lowest BCUT2D eigenvalue weighted by molar-refractivity contribution is 0.483. The first-order valence-electron chi connectivity index (χ1n) is 25.0. The number of hydrogen-bond acceptors (Lipinski definition) is 4. The number of aromatic nitrogens is 2. The van der Waals surface area contributed by atoms with E-state index in [2.05, 4.69) is 192 Å². The van der Waals surface area contributed by atoms with Crippen LogP contribution in [0.2, 0.25) is 0 Å². The van der Waals surface area contributed by atoms with Gasteiger partial charge in [0.05, 0.1) is 22.4 Å². The van der Waals surface area contributed by atoms with Crippen molar-refractivity contribution in [3.63, 3.8) is 0 Å². The maximum Gasteiger partial charge on any atom is 0.138 e. The summed E-state index contributed by atoms with van der Waals surface area (Å²) in [4.78, 5) is 9.98. The molecule has 0 fully saturated rings. The van der Waals surface area contributed by atoms with Crippen LogP contribution >= 0.6 is 0 Å².